The van der Waals surface area contributed by atoms with Crippen LogP contribution in [0.5, 0.6) is 0 Å². The van der Waals surface area contributed by atoms with Gasteiger partial charge in [-0.2, -0.15) is 5.10 Å². The lowest BCUT2D eigenvalue weighted by Crippen LogP contribution is -2.00. The van der Waals surface area contributed by atoms with E-state index in [4.69, 9.17) is 0 Å². The van der Waals surface area contributed by atoms with Crippen molar-refractivity contribution in [2.75, 3.05) is 11.6 Å². The molecular weight excluding hydrogens is 270 g/mol. The van der Waals surface area contributed by atoms with Crippen LogP contribution in [-0.2, 0) is 13.6 Å². The standard InChI is InChI=1S/C14H15N5S/c1-19-9-11-5-12(3-4-13(11)18-19)15-6-10-7-16-14(20-2)17-8-10/h3-5,7-9,15H,6H2,1-2H3. The summed E-state index contributed by atoms with van der Waals surface area (Å²) in [5.41, 5.74) is 3.14. The number of hydrogen-bond donors (Lipinski definition) is 1. The normalized spacial score (nSPS) is 10.9. The van der Waals surface area contributed by atoms with Crippen LogP contribution in [-0.4, -0.2) is 26.0 Å². The predicted molar refractivity (Wildman–Crippen MR) is 81.9 cm³/mol. The molecule has 2 aromatic heterocycles. The molecule has 6 heteroatoms. The third kappa shape index (κ3) is 2.75. The van der Waals surface area contributed by atoms with Gasteiger partial charge in [-0.25, -0.2) is 9.97 Å². The molecular formula is C14H15N5S. The van der Waals surface area contributed by atoms with E-state index in [-0.39, 0.29) is 0 Å². The van der Waals surface area contributed by atoms with E-state index in [9.17, 15) is 0 Å². The van der Waals surface area contributed by atoms with Crippen LogP contribution < -0.4 is 5.32 Å². The van der Waals surface area contributed by atoms with E-state index in [1.807, 2.05) is 48.7 Å². The smallest absolute Gasteiger partial charge is 0.187 e. The maximum Gasteiger partial charge on any atom is 0.187 e. The quantitative estimate of drug-likeness (QED) is 0.590. The highest BCUT2D eigenvalue weighted by Crippen LogP contribution is 2.18. The molecule has 0 saturated carbocycles. The topological polar surface area (TPSA) is 55.6 Å². The van der Waals surface area contributed by atoms with Crippen molar-refractivity contribution in [1.29, 1.82) is 0 Å². The fourth-order valence-electron chi connectivity index (χ4n) is 2.00. The zero-order valence-corrected chi connectivity index (χ0v) is 12.2. The number of nitrogens with zero attached hydrogens (tertiary/aromatic N) is 4. The van der Waals surface area contributed by atoms with E-state index >= 15 is 0 Å². The average molecular weight is 285 g/mol. The van der Waals surface area contributed by atoms with Gasteiger partial charge in [-0.3, -0.25) is 4.68 Å². The van der Waals surface area contributed by atoms with Crippen molar-refractivity contribution in [3.63, 3.8) is 0 Å². The summed E-state index contributed by atoms with van der Waals surface area (Å²) in [6.07, 6.45) is 7.69. The number of nitrogens with one attached hydrogen (secondary N) is 1. The Kier molecular flexibility index (Phi) is 3.56. The first-order valence-electron chi connectivity index (χ1n) is 6.27. The molecule has 0 aliphatic heterocycles. The summed E-state index contributed by atoms with van der Waals surface area (Å²) in [7, 11) is 1.93. The Morgan fingerprint density at radius 2 is 2.05 bits per heavy atom. The second kappa shape index (κ2) is 5.50. The van der Waals surface area contributed by atoms with Crippen LogP contribution in [0.15, 0.2) is 41.9 Å². The summed E-state index contributed by atoms with van der Waals surface area (Å²) in [6.45, 7) is 0.709. The molecule has 0 spiro atoms. The van der Waals surface area contributed by atoms with Crippen molar-refractivity contribution in [1.82, 2.24) is 19.7 Å². The van der Waals surface area contributed by atoms with Gasteiger partial charge >= 0.3 is 0 Å². The van der Waals surface area contributed by atoms with Gasteiger partial charge in [-0.1, -0.05) is 11.8 Å². The average Bonchev–Trinajstić information content (AvgIpc) is 2.85. The molecule has 1 N–H and O–H groups in total. The highest BCUT2D eigenvalue weighted by molar-refractivity contribution is 7.98. The number of benzene rings is 1. The summed E-state index contributed by atoms with van der Waals surface area (Å²) in [6, 6.07) is 6.15. The SMILES string of the molecule is CSc1ncc(CNc2ccc3nn(C)cc3c2)cn1. The molecule has 0 radical (unpaired) electrons. The van der Waals surface area contributed by atoms with Crippen LogP contribution >= 0.6 is 11.8 Å². The van der Waals surface area contributed by atoms with Crippen LogP contribution in [0.3, 0.4) is 0 Å². The van der Waals surface area contributed by atoms with Crippen LogP contribution in [0.1, 0.15) is 5.56 Å². The van der Waals surface area contributed by atoms with Gasteiger partial charge < -0.3 is 5.32 Å². The minimum atomic E-state index is 0.709. The second-order valence-corrected chi connectivity index (χ2v) is 5.28. The third-order valence-corrected chi connectivity index (χ3v) is 3.56. The molecule has 1 aromatic carbocycles. The van der Waals surface area contributed by atoms with Gasteiger partial charge in [0.1, 0.15) is 0 Å². The van der Waals surface area contributed by atoms with E-state index in [0.29, 0.717) is 6.54 Å². The lowest BCUT2D eigenvalue weighted by Gasteiger charge is -2.06. The highest BCUT2D eigenvalue weighted by atomic mass is 32.2. The van der Waals surface area contributed by atoms with Crippen molar-refractivity contribution in [2.24, 2.45) is 7.05 Å². The number of hydrogen-bond acceptors (Lipinski definition) is 5. The van der Waals surface area contributed by atoms with Gasteiger partial charge in [0.25, 0.3) is 0 Å². The molecule has 0 unspecified atom stereocenters. The van der Waals surface area contributed by atoms with Crippen LogP contribution in [0.25, 0.3) is 10.9 Å². The van der Waals surface area contributed by atoms with E-state index < -0.39 is 0 Å². The van der Waals surface area contributed by atoms with E-state index in [1.54, 1.807) is 11.8 Å². The molecule has 0 saturated heterocycles. The summed E-state index contributed by atoms with van der Waals surface area (Å²) < 4.78 is 1.82. The molecule has 3 aromatic rings. The van der Waals surface area contributed by atoms with Gasteiger partial charge in [-0.05, 0) is 24.5 Å². The maximum absolute atomic E-state index is 4.36. The van der Waals surface area contributed by atoms with E-state index in [1.165, 1.54) is 0 Å². The summed E-state index contributed by atoms with van der Waals surface area (Å²) in [5, 5.41) is 9.66. The number of thioether (sulfide) groups is 1. The van der Waals surface area contributed by atoms with Gasteiger partial charge in [0.15, 0.2) is 5.16 Å². The summed E-state index contributed by atoms with van der Waals surface area (Å²) in [4.78, 5) is 8.52. The van der Waals surface area contributed by atoms with Gasteiger partial charge in [0.2, 0.25) is 0 Å². The van der Waals surface area contributed by atoms with Crippen molar-refractivity contribution in [3.05, 3.63) is 42.4 Å². The first kappa shape index (κ1) is 12.9. The monoisotopic (exact) mass is 285 g/mol. The maximum atomic E-state index is 4.36. The fourth-order valence-corrected chi connectivity index (χ4v) is 2.32. The Bertz CT molecular complexity index is 720. The van der Waals surface area contributed by atoms with Crippen LogP contribution in [0, 0.1) is 0 Å². The first-order valence-corrected chi connectivity index (χ1v) is 7.49. The van der Waals surface area contributed by atoms with Crippen molar-refractivity contribution in [2.45, 2.75) is 11.7 Å². The molecule has 0 aliphatic carbocycles. The molecule has 2 heterocycles. The largest absolute Gasteiger partial charge is 0.381 e. The number of rotatable bonds is 4. The molecule has 0 fully saturated rings. The minimum Gasteiger partial charge on any atom is -0.381 e. The van der Waals surface area contributed by atoms with Crippen LogP contribution in [0.2, 0.25) is 0 Å². The van der Waals surface area contributed by atoms with Crippen LogP contribution in [0.4, 0.5) is 5.69 Å². The van der Waals surface area contributed by atoms with E-state index in [2.05, 4.69) is 26.4 Å². The number of aromatic nitrogens is 4. The number of anilines is 1. The van der Waals surface area contributed by atoms with Crippen molar-refractivity contribution >= 4 is 28.4 Å². The Morgan fingerprint density at radius 1 is 1.25 bits per heavy atom. The van der Waals surface area contributed by atoms with Crippen molar-refractivity contribution in [3.8, 4) is 0 Å². The molecule has 0 atom stereocenters. The molecule has 20 heavy (non-hydrogen) atoms. The highest BCUT2D eigenvalue weighted by Gasteiger charge is 2.01. The van der Waals surface area contributed by atoms with Gasteiger partial charge in [0.05, 0.1) is 5.52 Å². The molecule has 0 aliphatic rings. The second-order valence-electron chi connectivity index (χ2n) is 4.51. The fraction of sp³-hybridized carbons (Fsp3) is 0.214. The van der Waals surface area contributed by atoms with Crippen molar-refractivity contribution < 1.29 is 0 Å². The molecule has 0 amide bonds. The first-order chi connectivity index (χ1) is 9.74. The van der Waals surface area contributed by atoms with E-state index in [0.717, 1.165) is 27.3 Å². The summed E-state index contributed by atoms with van der Waals surface area (Å²) in [5.74, 6) is 0. The Morgan fingerprint density at radius 3 is 2.80 bits per heavy atom. The van der Waals surface area contributed by atoms with Gasteiger partial charge in [0, 0.05) is 48.8 Å². The Hall–Kier alpha value is -2.08. The third-order valence-electron chi connectivity index (χ3n) is 2.98. The van der Waals surface area contributed by atoms with Gasteiger partial charge in [-0.15, -0.1) is 0 Å². The molecule has 102 valence electrons. The summed E-state index contributed by atoms with van der Waals surface area (Å²) >= 11 is 1.54. The molecule has 5 nitrogen and oxygen atoms in total. The zero-order chi connectivity index (χ0) is 13.9. The number of aryl methyl sites for hydroxylation is 1. The molecule has 0 bridgehead atoms. The lowest BCUT2D eigenvalue weighted by molar-refractivity contribution is 0.780. The molecule has 3 rings (SSSR count). The predicted octanol–water partition coefficient (Wildman–Crippen LogP) is 2.70. The minimum absolute atomic E-state index is 0.709. The Labute approximate surface area is 121 Å². The Balaban J connectivity index is 1.72. The number of fused-ring (bicyclic) bond motifs is 1. The lowest BCUT2D eigenvalue weighted by atomic mass is 10.2. The zero-order valence-electron chi connectivity index (χ0n) is 11.4.